The van der Waals surface area contributed by atoms with Gasteiger partial charge < -0.3 is 10.1 Å². The van der Waals surface area contributed by atoms with E-state index in [1.807, 2.05) is 0 Å². The molecule has 3 atom stereocenters. The van der Waals surface area contributed by atoms with Crippen molar-refractivity contribution in [3.8, 4) is 5.75 Å². The first-order valence-electron chi connectivity index (χ1n) is 8.41. The summed E-state index contributed by atoms with van der Waals surface area (Å²) in [5.41, 5.74) is 1.38. The highest BCUT2D eigenvalue weighted by Gasteiger charge is 2.38. The molecule has 0 aromatic heterocycles. The van der Waals surface area contributed by atoms with Gasteiger partial charge in [0.15, 0.2) is 0 Å². The number of nitrogens with zero attached hydrogens (tertiary/aromatic N) is 1. The van der Waals surface area contributed by atoms with Crippen molar-refractivity contribution < 1.29 is 4.74 Å². The number of para-hydroxylation sites is 1. The third-order valence-electron chi connectivity index (χ3n) is 4.95. The van der Waals surface area contributed by atoms with Crippen LogP contribution in [0.15, 0.2) is 24.3 Å². The highest BCUT2D eigenvalue weighted by molar-refractivity contribution is 5.39. The lowest BCUT2D eigenvalue weighted by atomic mass is 9.93. The van der Waals surface area contributed by atoms with E-state index in [9.17, 15) is 0 Å². The fraction of sp³-hybridized carbons (Fsp3) is 0.667. The second-order valence-corrected chi connectivity index (χ2v) is 6.77. The van der Waals surface area contributed by atoms with E-state index in [0.717, 1.165) is 25.4 Å². The molecular weight excluding hydrogens is 260 g/mol. The molecule has 2 aliphatic heterocycles. The van der Waals surface area contributed by atoms with E-state index in [1.54, 1.807) is 0 Å². The summed E-state index contributed by atoms with van der Waals surface area (Å²) in [6.07, 6.45) is 2.51. The first kappa shape index (κ1) is 14.9. The fourth-order valence-corrected chi connectivity index (χ4v) is 3.80. The number of hydrogen-bond donors (Lipinski definition) is 1. The van der Waals surface area contributed by atoms with Crippen molar-refractivity contribution in [1.29, 1.82) is 0 Å². The van der Waals surface area contributed by atoms with E-state index in [1.165, 1.54) is 18.4 Å². The summed E-state index contributed by atoms with van der Waals surface area (Å²) < 4.78 is 5.93. The third kappa shape index (κ3) is 2.95. The standard InChI is InChI=1S/C18H28N2O/c1-4-7-14-11-20(16(10-19-14)13(2)3)17-12-21-18-9-6-5-8-15(17)18/h5-6,8-9,13-14,16-17,19H,4,7,10-12H2,1-3H3. The van der Waals surface area contributed by atoms with Crippen LogP contribution in [0.1, 0.15) is 45.2 Å². The van der Waals surface area contributed by atoms with Gasteiger partial charge in [0, 0.05) is 30.7 Å². The van der Waals surface area contributed by atoms with Crippen LogP contribution in [0, 0.1) is 5.92 Å². The Hall–Kier alpha value is -1.06. The Kier molecular flexibility index (Phi) is 4.51. The van der Waals surface area contributed by atoms with Gasteiger partial charge in [0.2, 0.25) is 0 Å². The largest absolute Gasteiger partial charge is 0.491 e. The van der Waals surface area contributed by atoms with Gasteiger partial charge in [-0.25, -0.2) is 0 Å². The summed E-state index contributed by atoms with van der Waals surface area (Å²) >= 11 is 0. The molecule has 1 aromatic rings. The molecule has 0 aliphatic carbocycles. The highest BCUT2D eigenvalue weighted by Crippen LogP contribution is 2.38. The summed E-state index contributed by atoms with van der Waals surface area (Å²) in [7, 11) is 0. The number of piperazine rings is 1. The number of ether oxygens (including phenoxy) is 1. The fourth-order valence-electron chi connectivity index (χ4n) is 3.80. The summed E-state index contributed by atoms with van der Waals surface area (Å²) in [6.45, 7) is 9.98. The minimum Gasteiger partial charge on any atom is -0.491 e. The van der Waals surface area contributed by atoms with E-state index in [0.29, 0.717) is 24.0 Å². The van der Waals surface area contributed by atoms with Crippen molar-refractivity contribution in [3.05, 3.63) is 29.8 Å². The number of nitrogens with one attached hydrogen (secondary N) is 1. The minimum absolute atomic E-state index is 0.426. The van der Waals surface area contributed by atoms with Crippen LogP contribution in [0.3, 0.4) is 0 Å². The summed E-state index contributed by atoms with van der Waals surface area (Å²) in [5.74, 6) is 1.74. The lowest BCUT2D eigenvalue weighted by Crippen LogP contribution is -2.59. The van der Waals surface area contributed by atoms with E-state index >= 15 is 0 Å². The van der Waals surface area contributed by atoms with Crippen LogP contribution in [-0.2, 0) is 0 Å². The zero-order valence-electron chi connectivity index (χ0n) is 13.5. The number of benzene rings is 1. The Morgan fingerprint density at radius 2 is 2.14 bits per heavy atom. The molecule has 1 N–H and O–H groups in total. The topological polar surface area (TPSA) is 24.5 Å². The van der Waals surface area contributed by atoms with E-state index in [2.05, 4.69) is 55.3 Å². The predicted octanol–water partition coefficient (Wildman–Crippen LogP) is 3.22. The summed E-state index contributed by atoms with van der Waals surface area (Å²) in [4.78, 5) is 2.70. The van der Waals surface area contributed by atoms with Gasteiger partial charge in [-0.2, -0.15) is 0 Å². The van der Waals surface area contributed by atoms with Crippen LogP contribution in [0.2, 0.25) is 0 Å². The molecule has 1 saturated heterocycles. The van der Waals surface area contributed by atoms with Crippen LogP contribution >= 0.6 is 0 Å². The van der Waals surface area contributed by atoms with E-state index in [4.69, 9.17) is 4.74 Å². The van der Waals surface area contributed by atoms with Gasteiger partial charge in [-0.15, -0.1) is 0 Å². The molecule has 2 heterocycles. The van der Waals surface area contributed by atoms with Gasteiger partial charge in [-0.3, -0.25) is 4.90 Å². The van der Waals surface area contributed by atoms with Gasteiger partial charge in [0.25, 0.3) is 0 Å². The Morgan fingerprint density at radius 3 is 2.90 bits per heavy atom. The normalized spacial score (nSPS) is 29.4. The average molecular weight is 288 g/mol. The monoisotopic (exact) mass is 288 g/mol. The zero-order valence-corrected chi connectivity index (χ0v) is 13.5. The smallest absolute Gasteiger partial charge is 0.124 e. The third-order valence-corrected chi connectivity index (χ3v) is 4.95. The van der Waals surface area contributed by atoms with Gasteiger partial charge in [0.1, 0.15) is 12.4 Å². The Bertz CT molecular complexity index is 474. The number of rotatable bonds is 4. The van der Waals surface area contributed by atoms with Gasteiger partial charge in [-0.1, -0.05) is 45.4 Å². The molecule has 2 aliphatic rings. The molecule has 116 valence electrons. The minimum atomic E-state index is 0.426. The molecule has 21 heavy (non-hydrogen) atoms. The van der Waals surface area contributed by atoms with Crippen molar-refractivity contribution >= 4 is 0 Å². The molecule has 3 nitrogen and oxygen atoms in total. The van der Waals surface area contributed by atoms with Crippen molar-refractivity contribution in [2.75, 3.05) is 19.7 Å². The second-order valence-electron chi connectivity index (χ2n) is 6.77. The molecule has 0 radical (unpaired) electrons. The Labute approximate surface area is 128 Å². The lowest BCUT2D eigenvalue weighted by molar-refractivity contribution is 0.0437. The van der Waals surface area contributed by atoms with E-state index in [-0.39, 0.29) is 0 Å². The van der Waals surface area contributed by atoms with Crippen LogP contribution in [0.25, 0.3) is 0 Å². The summed E-state index contributed by atoms with van der Waals surface area (Å²) in [5, 5.41) is 3.75. The van der Waals surface area contributed by atoms with Gasteiger partial charge in [-0.05, 0) is 18.4 Å². The molecular formula is C18H28N2O. The molecule has 1 aromatic carbocycles. The predicted molar refractivity (Wildman–Crippen MR) is 86.7 cm³/mol. The molecule has 1 fully saturated rings. The van der Waals surface area contributed by atoms with Crippen LogP contribution in [0.5, 0.6) is 5.75 Å². The second kappa shape index (κ2) is 6.37. The maximum atomic E-state index is 5.93. The van der Waals surface area contributed by atoms with Crippen molar-refractivity contribution in [2.45, 2.75) is 51.7 Å². The SMILES string of the molecule is CCCC1CN(C2COc3ccccc32)C(C(C)C)CN1. The highest BCUT2D eigenvalue weighted by atomic mass is 16.5. The quantitative estimate of drug-likeness (QED) is 0.920. The molecule has 3 rings (SSSR count). The Morgan fingerprint density at radius 1 is 1.33 bits per heavy atom. The van der Waals surface area contributed by atoms with E-state index < -0.39 is 0 Å². The van der Waals surface area contributed by atoms with Crippen molar-refractivity contribution in [1.82, 2.24) is 10.2 Å². The van der Waals surface area contributed by atoms with Crippen LogP contribution in [-0.4, -0.2) is 36.7 Å². The van der Waals surface area contributed by atoms with Crippen molar-refractivity contribution in [2.24, 2.45) is 5.92 Å². The Balaban J connectivity index is 1.82. The number of hydrogen-bond acceptors (Lipinski definition) is 3. The molecule has 0 amide bonds. The van der Waals surface area contributed by atoms with Crippen LogP contribution in [0.4, 0.5) is 0 Å². The lowest BCUT2D eigenvalue weighted by Gasteiger charge is -2.45. The summed E-state index contributed by atoms with van der Waals surface area (Å²) in [6, 6.07) is 10.2. The number of fused-ring (bicyclic) bond motifs is 1. The maximum Gasteiger partial charge on any atom is 0.124 e. The van der Waals surface area contributed by atoms with Crippen LogP contribution < -0.4 is 10.1 Å². The molecule has 0 saturated carbocycles. The first-order chi connectivity index (χ1) is 10.2. The maximum absolute atomic E-state index is 5.93. The van der Waals surface area contributed by atoms with Gasteiger partial charge >= 0.3 is 0 Å². The first-order valence-corrected chi connectivity index (χ1v) is 8.41. The molecule has 3 heteroatoms. The zero-order chi connectivity index (χ0) is 14.8. The van der Waals surface area contributed by atoms with Crippen molar-refractivity contribution in [3.63, 3.8) is 0 Å². The van der Waals surface area contributed by atoms with Gasteiger partial charge in [0.05, 0.1) is 6.04 Å². The molecule has 0 bridgehead atoms. The molecule has 3 unspecified atom stereocenters. The average Bonchev–Trinajstić information content (AvgIpc) is 2.91. The molecule has 0 spiro atoms.